The Morgan fingerprint density at radius 2 is 1.90 bits per heavy atom. The van der Waals surface area contributed by atoms with Crippen LogP contribution in [0.3, 0.4) is 0 Å². The highest BCUT2D eigenvalue weighted by Gasteiger charge is 2.37. The lowest BCUT2D eigenvalue weighted by Gasteiger charge is -2.39. The number of nitrogens with one attached hydrogen (secondary N) is 2. The summed E-state index contributed by atoms with van der Waals surface area (Å²) in [5.41, 5.74) is 1.71. The smallest absolute Gasteiger partial charge is 0.225 e. The van der Waals surface area contributed by atoms with E-state index >= 15 is 0 Å². The van der Waals surface area contributed by atoms with Crippen molar-refractivity contribution in [3.63, 3.8) is 0 Å². The van der Waals surface area contributed by atoms with Gasteiger partial charge in [0.25, 0.3) is 0 Å². The standard InChI is InChI=1S/C23H36N6O2/c1-16(30)27-23(10-5-4-6-11-23)14-20(31)29-13-9-17-18(15-29)25-22(26-21(17)24-2)19-8-7-12-28(19)3/h19H,4-15H2,1-3H3,(H,27,30)(H,24,25,26). The molecule has 0 bridgehead atoms. The number of anilines is 1. The van der Waals surface area contributed by atoms with Crippen LogP contribution in [-0.4, -0.2) is 64.3 Å². The fourth-order valence-corrected chi connectivity index (χ4v) is 5.60. The number of fused-ring (bicyclic) bond motifs is 1. The van der Waals surface area contributed by atoms with Crippen LogP contribution in [0, 0.1) is 0 Å². The molecule has 31 heavy (non-hydrogen) atoms. The van der Waals surface area contributed by atoms with Gasteiger partial charge in [0.1, 0.15) is 11.6 Å². The van der Waals surface area contributed by atoms with Crippen molar-refractivity contribution in [3.05, 3.63) is 17.1 Å². The molecule has 0 aromatic carbocycles. The molecule has 1 unspecified atom stereocenters. The zero-order valence-corrected chi connectivity index (χ0v) is 19.2. The van der Waals surface area contributed by atoms with Crippen LogP contribution in [0.5, 0.6) is 0 Å². The summed E-state index contributed by atoms with van der Waals surface area (Å²) in [6.45, 7) is 3.80. The quantitative estimate of drug-likeness (QED) is 0.748. The highest BCUT2D eigenvalue weighted by atomic mass is 16.2. The van der Waals surface area contributed by atoms with Crippen LogP contribution in [0.2, 0.25) is 0 Å². The van der Waals surface area contributed by atoms with E-state index in [9.17, 15) is 9.59 Å². The monoisotopic (exact) mass is 428 g/mol. The summed E-state index contributed by atoms with van der Waals surface area (Å²) < 4.78 is 0. The molecule has 2 N–H and O–H groups in total. The van der Waals surface area contributed by atoms with E-state index in [2.05, 4.69) is 22.6 Å². The van der Waals surface area contributed by atoms with Crippen molar-refractivity contribution in [1.29, 1.82) is 0 Å². The van der Waals surface area contributed by atoms with E-state index < -0.39 is 0 Å². The summed E-state index contributed by atoms with van der Waals surface area (Å²) in [4.78, 5) is 39.2. The maximum Gasteiger partial charge on any atom is 0.225 e. The molecule has 1 saturated heterocycles. The third-order valence-corrected chi connectivity index (χ3v) is 7.23. The highest BCUT2D eigenvalue weighted by molar-refractivity contribution is 5.80. The summed E-state index contributed by atoms with van der Waals surface area (Å²) in [6.07, 6.45) is 8.43. The first kappa shape index (κ1) is 22.0. The van der Waals surface area contributed by atoms with Crippen LogP contribution in [0.15, 0.2) is 0 Å². The van der Waals surface area contributed by atoms with E-state index in [1.807, 2.05) is 11.9 Å². The first-order valence-electron chi connectivity index (χ1n) is 11.7. The van der Waals surface area contributed by atoms with E-state index in [4.69, 9.17) is 9.97 Å². The van der Waals surface area contributed by atoms with E-state index in [0.29, 0.717) is 19.5 Å². The molecule has 1 aliphatic carbocycles. The fourth-order valence-electron chi connectivity index (χ4n) is 5.60. The molecule has 8 heteroatoms. The molecule has 2 fully saturated rings. The molecule has 1 saturated carbocycles. The second-order valence-corrected chi connectivity index (χ2v) is 9.51. The van der Waals surface area contributed by atoms with Gasteiger partial charge < -0.3 is 15.5 Å². The van der Waals surface area contributed by atoms with Crippen LogP contribution < -0.4 is 10.6 Å². The van der Waals surface area contributed by atoms with Crippen molar-refractivity contribution in [2.24, 2.45) is 0 Å². The van der Waals surface area contributed by atoms with Gasteiger partial charge in [0.15, 0.2) is 0 Å². The largest absolute Gasteiger partial charge is 0.373 e. The number of aromatic nitrogens is 2. The van der Waals surface area contributed by atoms with Crippen molar-refractivity contribution in [3.8, 4) is 0 Å². The zero-order chi connectivity index (χ0) is 22.0. The third kappa shape index (κ3) is 4.68. The molecular weight excluding hydrogens is 392 g/mol. The second kappa shape index (κ2) is 9.10. The van der Waals surface area contributed by atoms with Crippen molar-refractivity contribution < 1.29 is 9.59 Å². The van der Waals surface area contributed by atoms with Gasteiger partial charge in [-0.1, -0.05) is 19.3 Å². The minimum atomic E-state index is -0.388. The predicted molar refractivity (Wildman–Crippen MR) is 120 cm³/mol. The molecule has 1 aromatic rings. The van der Waals surface area contributed by atoms with Crippen molar-refractivity contribution >= 4 is 17.6 Å². The Balaban J connectivity index is 1.53. The van der Waals surface area contributed by atoms with Gasteiger partial charge in [-0.15, -0.1) is 0 Å². The normalized spacial score (nSPS) is 23.3. The summed E-state index contributed by atoms with van der Waals surface area (Å²) in [7, 11) is 4.03. The van der Waals surface area contributed by atoms with E-state index in [-0.39, 0.29) is 23.4 Å². The summed E-state index contributed by atoms with van der Waals surface area (Å²) in [6, 6.07) is 0.244. The number of amides is 2. The SMILES string of the molecule is CNc1nc(C2CCCN2C)nc2c1CCN(C(=O)CC1(NC(C)=O)CCCCC1)C2. The van der Waals surface area contributed by atoms with Gasteiger partial charge in [-0.05, 0) is 45.7 Å². The van der Waals surface area contributed by atoms with Crippen LogP contribution >= 0.6 is 0 Å². The Labute approximate surface area is 185 Å². The predicted octanol–water partition coefficient (Wildman–Crippen LogP) is 2.40. The van der Waals surface area contributed by atoms with Gasteiger partial charge in [-0.3, -0.25) is 14.5 Å². The van der Waals surface area contributed by atoms with Gasteiger partial charge in [-0.2, -0.15) is 0 Å². The molecule has 2 amide bonds. The van der Waals surface area contributed by atoms with E-state index in [1.54, 1.807) is 6.92 Å². The average molecular weight is 429 g/mol. The number of carbonyl (C=O) groups is 2. The Bertz CT molecular complexity index is 836. The van der Waals surface area contributed by atoms with Crippen LogP contribution in [-0.2, 0) is 22.6 Å². The molecule has 0 spiro atoms. The molecule has 1 aromatic heterocycles. The molecule has 4 rings (SSSR count). The van der Waals surface area contributed by atoms with Crippen LogP contribution in [0.1, 0.15) is 81.4 Å². The molecule has 3 aliphatic rings. The molecule has 170 valence electrons. The van der Waals surface area contributed by atoms with Crippen LogP contribution in [0.25, 0.3) is 0 Å². The summed E-state index contributed by atoms with van der Waals surface area (Å²) in [5, 5.41) is 6.38. The Hall–Kier alpha value is -2.22. The third-order valence-electron chi connectivity index (χ3n) is 7.23. The van der Waals surface area contributed by atoms with Gasteiger partial charge in [0.05, 0.1) is 18.3 Å². The first-order valence-corrected chi connectivity index (χ1v) is 11.7. The van der Waals surface area contributed by atoms with Crippen molar-refractivity contribution in [2.45, 2.75) is 82.8 Å². The lowest BCUT2D eigenvalue weighted by atomic mass is 9.78. The number of rotatable bonds is 5. The lowest BCUT2D eigenvalue weighted by molar-refractivity contribution is -0.135. The van der Waals surface area contributed by atoms with Crippen molar-refractivity contribution in [2.75, 3.05) is 32.5 Å². The number of hydrogen-bond donors (Lipinski definition) is 2. The minimum absolute atomic E-state index is 0.0459. The average Bonchev–Trinajstić information content (AvgIpc) is 3.18. The van der Waals surface area contributed by atoms with Gasteiger partial charge in [-0.25, -0.2) is 9.97 Å². The zero-order valence-electron chi connectivity index (χ0n) is 19.2. The molecule has 1 atom stereocenters. The lowest BCUT2D eigenvalue weighted by Crippen LogP contribution is -2.52. The van der Waals surface area contributed by atoms with Crippen molar-refractivity contribution in [1.82, 2.24) is 25.1 Å². The van der Waals surface area contributed by atoms with Gasteiger partial charge in [0.2, 0.25) is 11.8 Å². The first-order chi connectivity index (χ1) is 14.9. The molecular formula is C23H36N6O2. The molecule has 0 radical (unpaired) electrons. The molecule has 2 aliphatic heterocycles. The summed E-state index contributed by atoms with van der Waals surface area (Å²) in [5.74, 6) is 1.83. The molecule has 3 heterocycles. The second-order valence-electron chi connectivity index (χ2n) is 9.51. The Kier molecular flexibility index (Phi) is 6.46. The fraction of sp³-hybridized carbons (Fsp3) is 0.739. The van der Waals surface area contributed by atoms with Gasteiger partial charge in [0, 0.05) is 38.0 Å². The number of carbonyl (C=O) groups excluding carboxylic acids is 2. The number of hydrogen-bond acceptors (Lipinski definition) is 6. The maximum atomic E-state index is 13.3. The number of likely N-dealkylation sites (tertiary alicyclic amines) is 1. The van der Waals surface area contributed by atoms with Crippen LogP contribution in [0.4, 0.5) is 5.82 Å². The minimum Gasteiger partial charge on any atom is -0.373 e. The summed E-state index contributed by atoms with van der Waals surface area (Å²) >= 11 is 0. The Morgan fingerprint density at radius 3 is 2.55 bits per heavy atom. The topological polar surface area (TPSA) is 90.5 Å². The number of nitrogens with zero attached hydrogens (tertiary/aromatic N) is 4. The highest BCUT2D eigenvalue weighted by Crippen LogP contribution is 2.34. The maximum absolute atomic E-state index is 13.3. The molecule has 8 nitrogen and oxygen atoms in total. The van der Waals surface area contributed by atoms with E-state index in [0.717, 1.165) is 74.4 Å². The van der Waals surface area contributed by atoms with E-state index in [1.165, 1.54) is 6.42 Å². The Morgan fingerprint density at radius 1 is 1.13 bits per heavy atom. The van der Waals surface area contributed by atoms with Gasteiger partial charge >= 0.3 is 0 Å².